The molecule has 3 aromatic rings. The number of ether oxygens (including phenoxy) is 3. The first-order valence-electron chi connectivity index (χ1n) is 9.27. The highest BCUT2D eigenvalue weighted by molar-refractivity contribution is 5.63. The second kappa shape index (κ2) is 7.84. The van der Waals surface area contributed by atoms with Crippen LogP contribution in [0.1, 0.15) is 24.0 Å². The SMILES string of the molecule is COc1ccc(-c2ccn(Cc3ccccc3C)n2)cc1OC1CCCO1. The van der Waals surface area contributed by atoms with E-state index in [1.807, 2.05) is 35.1 Å². The lowest BCUT2D eigenvalue weighted by atomic mass is 10.1. The Hall–Kier alpha value is -2.79. The Balaban J connectivity index is 1.56. The van der Waals surface area contributed by atoms with Gasteiger partial charge in [0.2, 0.25) is 0 Å². The van der Waals surface area contributed by atoms with E-state index in [1.165, 1.54) is 11.1 Å². The van der Waals surface area contributed by atoms with Crippen LogP contribution in [0.4, 0.5) is 0 Å². The fourth-order valence-electron chi connectivity index (χ4n) is 3.28. The number of benzene rings is 2. The van der Waals surface area contributed by atoms with E-state index in [1.54, 1.807) is 7.11 Å². The summed E-state index contributed by atoms with van der Waals surface area (Å²) in [6, 6.07) is 16.3. The van der Waals surface area contributed by atoms with Gasteiger partial charge in [0, 0.05) is 18.2 Å². The van der Waals surface area contributed by atoms with Crippen molar-refractivity contribution in [2.75, 3.05) is 13.7 Å². The normalized spacial score (nSPS) is 16.4. The molecule has 1 unspecified atom stereocenters. The van der Waals surface area contributed by atoms with Gasteiger partial charge in [-0.1, -0.05) is 24.3 Å². The van der Waals surface area contributed by atoms with Crippen LogP contribution in [-0.2, 0) is 11.3 Å². The largest absolute Gasteiger partial charge is 0.493 e. The molecule has 2 heterocycles. The molecule has 140 valence electrons. The Morgan fingerprint density at radius 3 is 2.81 bits per heavy atom. The minimum Gasteiger partial charge on any atom is -0.493 e. The molecule has 2 aromatic carbocycles. The Morgan fingerprint density at radius 1 is 1.15 bits per heavy atom. The molecule has 1 aliphatic rings. The maximum absolute atomic E-state index is 6.00. The van der Waals surface area contributed by atoms with E-state index in [4.69, 9.17) is 19.3 Å². The van der Waals surface area contributed by atoms with Crippen molar-refractivity contribution in [1.29, 1.82) is 0 Å². The standard InChI is InChI=1S/C22H24N2O3/c1-16-6-3-4-7-18(16)15-24-12-11-19(23-24)17-9-10-20(25-2)21(14-17)27-22-8-5-13-26-22/h3-4,6-7,9-12,14,22H,5,8,13,15H2,1-2H3. The third-order valence-corrected chi connectivity index (χ3v) is 4.84. The summed E-state index contributed by atoms with van der Waals surface area (Å²) in [4.78, 5) is 0. The molecule has 0 amide bonds. The lowest BCUT2D eigenvalue weighted by Gasteiger charge is -2.16. The summed E-state index contributed by atoms with van der Waals surface area (Å²) in [6.07, 6.45) is 3.73. The number of hydrogen-bond donors (Lipinski definition) is 0. The van der Waals surface area contributed by atoms with Crippen LogP contribution in [0, 0.1) is 6.92 Å². The van der Waals surface area contributed by atoms with E-state index >= 15 is 0 Å². The highest BCUT2D eigenvalue weighted by Gasteiger charge is 2.19. The fourth-order valence-corrected chi connectivity index (χ4v) is 3.28. The van der Waals surface area contributed by atoms with Crippen LogP contribution in [0.3, 0.4) is 0 Å². The molecule has 1 saturated heterocycles. The molecule has 1 fully saturated rings. The van der Waals surface area contributed by atoms with Crippen LogP contribution in [0.25, 0.3) is 11.3 Å². The van der Waals surface area contributed by atoms with Crippen molar-refractivity contribution >= 4 is 0 Å². The average molecular weight is 364 g/mol. The van der Waals surface area contributed by atoms with E-state index in [-0.39, 0.29) is 6.29 Å². The molecule has 0 radical (unpaired) electrons. The van der Waals surface area contributed by atoms with Crippen molar-refractivity contribution in [3.63, 3.8) is 0 Å². The third kappa shape index (κ3) is 3.98. The second-order valence-corrected chi connectivity index (χ2v) is 6.75. The molecule has 0 aliphatic carbocycles. The summed E-state index contributed by atoms with van der Waals surface area (Å²) < 4.78 is 19.0. The molecule has 0 bridgehead atoms. The van der Waals surface area contributed by atoms with E-state index in [9.17, 15) is 0 Å². The van der Waals surface area contributed by atoms with E-state index < -0.39 is 0 Å². The molecule has 1 aliphatic heterocycles. The van der Waals surface area contributed by atoms with Gasteiger partial charge in [0.1, 0.15) is 0 Å². The highest BCUT2D eigenvalue weighted by atomic mass is 16.7. The summed E-state index contributed by atoms with van der Waals surface area (Å²) in [5.41, 5.74) is 4.44. The molecule has 5 nitrogen and oxygen atoms in total. The van der Waals surface area contributed by atoms with Crippen molar-refractivity contribution in [3.8, 4) is 22.8 Å². The van der Waals surface area contributed by atoms with Crippen LogP contribution < -0.4 is 9.47 Å². The molecular weight excluding hydrogens is 340 g/mol. The summed E-state index contributed by atoms with van der Waals surface area (Å²) >= 11 is 0. The summed E-state index contributed by atoms with van der Waals surface area (Å²) in [6.45, 7) is 3.62. The van der Waals surface area contributed by atoms with Gasteiger partial charge in [-0.15, -0.1) is 0 Å². The number of aromatic nitrogens is 2. The van der Waals surface area contributed by atoms with Gasteiger partial charge in [-0.2, -0.15) is 5.10 Å². The van der Waals surface area contributed by atoms with Crippen molar-refractivity contribution in [2.45, 2.75) is 32.6 Å². The summed E-state index contributed by atoms with van der Waals surface area (Å²) in [5.74, 6) is 1.39. The maximum atomic E-state index is 6.00. The van der Waals surface area contributed by atoms with Gasteiger partial charge in [-0.3, -0.25) is 4.68 Å². The van der Waals surface area contributed by atoms with Crippen molar-refractivity contribution < 1.29 is 14.2 Å². The van der Waals surface area contributed by atoms with Crippen molar-refractivity contribution in [1.82, 2.24) is 9.78 Å². The Labute approximate surface area is 159 Å². The number of methoxy groups -OCH3 is 1. The van der Waals surface area contributed by atoms with Gasteiger partial charge in [0.15, 0.2) is 17.8 Å². The van der Waals surface area contributed by atoms with Gasteiger partial charge in [-0.25, -0.2) is 0 Å². The number of rotatable bonds is 6. The smallest absolute Gasteiger partial charge is 0.200 e. The predicted octanol–water partition coefficient (Wildman–Crippen LogP) is 4.43. The number of nitrogens with zero attached hydrogens (tertiary/aromatic N) is 2. The van der Waals surface area contributed by atoms with Crippen molar-refractivity contribution in [3.05, 3.63) is 65.9 Å². The first kappa shape index (κ1) is 17.6. The third-order valence-electron chi connectivity index (χ3n) is 4.84. The van der Waals surface area contributed by atoms with Gasteiger partial charge >= 0.3 is 0 Å². The molecule has 0 N–H and O–H groups in total. The maximum Gasteiger partial charge on any atom is 0.200 e. The Morgan fingerprint density at radius 2 is 2.04 bits per heavy atom. The lowest BCUT2D eigenvalue weighted by molar-refractivity contribution is -0.0402. The zero-order valence-electron chi connectivity index (χ0n) is 15.7. The van der Waals surface area contributed by atoms with E-state index in [0.717, 1.165) is 37.3 Å². The fraction of sp³-hybridized carbons (Fsp3) is 0.318. The van der Waals surface area contributed by atoms with Crippen LogP contribution >= 0.6 is 0 Å². The second-order valence-electron chi connectivity index (χ2n) is 6.75. The molecule has 0 spiro atoms. The minimum absolute atomic E-state index is 0.201. The monoisotopic (exact) mass is 364 g/mol. The highest BCUT2D eigenvalue weighted by Crippen LogP contribution is 2.34. The Kier molecular flexibility index (Phi) is 5.12. The summed E-state index contributed by atoms with van der Waals surface area (Å²) in [7, 11) is 1.65. The van der Waals surface area contributed by atoms with Crippen LogP contribution in [0.5, 0.6) is 11.5 Å². The van der Waals surface area contributed by atoms with Gasteiger partial charge in [-0.05, 0) is 48.7 Å². The zero-order chi connectivity index (χ0) is 18.6. The average Bonchev–Trinajstić information content (AvgIpc) is 3.36. The Bertz CT molecular complexity index is 913. The molecule has 1 atom stereocenters. The summed E-state index contributed by atoms with van der Waals surface area (Å²) in [5, 5.41) is 4.73. The molecule has 0 saturated carbocycles. The molecule has 4 rings (SSSR count). The minimum atomic E-state index is -0.201. The van der Waals surface area contributed by atoms with Gasteiger partial charge in [0.05, 0.1) is 26.0 Å². The molecule has 5 heteroatoms. The number of hydrogen-bond acceptors (Lipinski definition) is 4. The molecule has 27 heavy (non-hydrogen) atoms. The quantitative estimate of drug-likeness (QED) is 0.649. The van der Waals surface area contributed by atoms with E-state index in [0.29, 0.717) is 11.5 Å². The van der Waals surface area contributed by atoms with Crippen LogP contribution in [-0.4, -0.2) is 29.8 Å². The first-order valence-corrected chi connectivity index (χ1v) is 9.27. The first-order chi connectivity index (χ1) is 13.2. The topological polar surface area (TPSA) is 45.5 Å². The van der Waals surface area contributed by atoms with Crippen LogP contribution in [0.2, 0.25) is 0 Å². The molecule has 1 aromatic heterocycles. The molecular formula is C22H24N2O3. The zero-order valence-corrected chi connectivity index (χ0v) is 15.7. The van der Waals surface area contributed by atoms with E-state index in [2.05, 4.69) is 31.2 Å². The van der Waals surface area contributed by atoms with Gasteiger partial charge in [0.25, 0.3) is 0 Å². The lowest BCUT2D eigenvalue weighted by Crippen LogP contribution is -2.14. The predicted molar refractivity (Wildman–Crippen MR) is 104 cm³/mol. The van der Waals surface area contributed by atoms with Gasteiger partial charge < -0.3 is 14.2 Å². The number of aryl methyl sites for hydroxylation is 1. The van der Waals surface area contributed by atoms with Crippen molar-refractivity contribution in [2.24, 2.45) is 0 Å². The van der Waals surface area contributed by atoms with Crippen LogP contribution in [0.15, 0.2) is 54.7 Å².